The van der Waals surface area contributed by atoms with Crippen molar-refractivity contribution in [2.24, 2.45) is 5.73 Å². The normalized spacial score (nSPS) is 17.0. The minimum absolute atomic E-state index is 0.0461. The molecule has 6 nitrogen and oxygen atoms in total. The molecule has 102 valence electrons. The van der Waals surface area contributed by atoms with Crippen LogP contribution in [0.5, 0.6) is 0 Å². The van der Waals surface area contributed by atoms with E-state index in [0.29, 0.717) is 26.3 Å². The number of pyridine rings is 1. The van der Waals surface area contributed by atoms with Crippen molar-refractivity contribution in [1.82, 2.24) is 9.88 Å². The van der Waals surface area contributed by atoms with Gasteiger partial charge in [-0.05, 0) is 11.6 Å². The van der Waals surface area contributed by atoms with Gasteiger partial charge in [0.1, 0.15) is 0 Å². The number of carbonyl (C=O) groups is 1. The number of amides is 1. The molecular weight excluding hydrogens is 245 g/mol. The molecule has 2 rings (SSSR count). The van der Waals surface area contributed by atoms with Crippen molar-refractivity contribution in [3.63, 3.8) is 0 Å². The molecule has 1 aromatic rings. The van der Waals surface area contributed by atoms with E-state index in [1.807, 2.05) is 12.1 Å². The summed E-state index contributed by atoms with van der Waals surface area (Å²) >= 11 is 0. The minimum Gasteiger partial charge on any atom is -0.426 e. The van der Waals surface area contributed by atoms with Crippen LogP contribution in [0.4, 0.5) is 0 Å². The van der Waals surface area contributed by atoms with Crippen LogP contribution in [0.25, 0.3) is 0 Å². The second-order valence-electron chi connectivity index (χ2n) is 4.31. The first-order valence-corrected chi connectivity index (χ1v) is 6.37. The van der Waals surface area contributed by atoms with Crippen molar-refractivity contribution < 1.29 is 14.2 Å². The molecule has 0 radical (unpaired) electrons. The van der Waals surface area contributed by atoms with Crippen LogP contribution >= 0.6 is 0 Å². The number of morpholine rings is 1. The summed E-state index contributed by atoms with van der Waals surface area (Å²) in [5.74, 6) is -0.305. The Morgan fingerprint density at radius 1 is 1.58 bits per heavy atom. The quantitative estimate of drug-likeness (QED) is 0.559. The zero-order valence-corrected chi connectivity index (χ0v) is 10.8. The number of hydrogen-bond acceptors (Lipinski definition) is 5. The summed E-state index contributed by atoms with van der Waals surface area (Å²) in [4.78, 5) is 18.4. The van der Waals surface area contributed by atoms with Gasteiger partial charge in [0, 0.05) is 25.5 Å². The lowest BCUT2D eigenvalue weighted by Crippen LogP contribution is -2.44. The summed E-state index contributed by atoms with van der Waals surface area (Å²) in [7, 11) is 0.276. The van der Waals surface area contributed by atoms with Crippen molar-refractivity contribution >= 4 is 13.4 Å². The molecule has 0 aromatic carbocycles. The molecule has 0 saturated carbocycles. The predicted molar refractivity (Wildman–Crippen MR) is 71.7 cm³/mol. The van der Waals surface area contributed by atoms with Gasteiger partial charge in [-0.25, -0.2) is 0 Å². The number of rotatable bonds is 5. The molecule has 19 heavy (non-hydrogen) atoms. The Bertz CT molecular complexity index is 398. The second kappa shape index (κ2) is 7.23. The van der Waals surface area contributed by atoms with Gasteiger partial charge in [0.25, 0.3) is 7.48 Å². The number of hydrogen-bond donors (Lipinski definition) is 1. The zero-order chi connectivity index (χ0) is 13.5. The maximum Gasteiger partial charge on any atom is 0.293 e. The van der Waals surface area contributed by atoms with E-state index in [1.165, 1.54) is 0 Å². The highest BCUT2D eigenvalue weighted by Crippen LogP contribution is 2.17. The molecule has 1 amide bonds. The number of nitrogens with zero attached hydrogens (tertiary/aromatic N) is 2. The van der Waals surface area contributed by atoms with E-state index in [2.05, 4.69) is 4.98 Å². The first-order valence-electron chi connectivity index (χ1n) is 6.37. The Balaban J connectivity index is 2.10. The van der Waals surface area contributed by atoms with Crippen molar-refractivity contribution in [2.45, 2.75) is 5.82 Å². The average molecular weight is 263 g/mol. The molecule has 7 heteroatoms. The average Bonchev–Trinajstić information content (AvgIpc) is 2.49. The van der Waals surface area contributed by atoms with Gasteiger partial charge in [0.15, 0.2) is 0 Å². The molecule has 1 atom stereocenters. The lowest BCUT2D eigenvalue weighted by molar-refractivity contribution is -0.135. The van der Waals surface area contributed by atoms with E-state index >= 15 is 0 Å². The Labute approximate surface area is 113 Å². The third-order valence-corrected chi connectivity index (χ3v) is 3.11. The molecule has 1 aliphatic heterocycles. The molecule has 0 spiro atoms. The predicted octanol–water partition coefficient (Wildman–Crippen LogP) is -0.734. The van der Waals surface area contributed by atoms with Crippen molar-refractivity contribution in [2.75, 3.05) is 33.0 Å². The smallest absolute Gasteiger partial charge is 0.293 e. The standard InChI is InChI=1S/C12H18BN3O3/c14-9-19-13-11(10-2-1-3-15-8-10)12(17)16-4-6-18-7-5-16/h1-3,8,11,13H,4-7,9,14H2. The Morgan fingerprint density at radius 3 is 3.00 bits per heavy atom. The summed E-state index contributed by atoms with van der Waals surface area (Å²) in [6.07, 6.45) is 3.38. The fourth-order valence-electron chi connectivity index (χ4n) is 2.08. The number of carbonyl (C=O) groups excluding carboxylic acids is 1. The van der Waals surface area contributed by atoms with Gasteiger partial charge in [0.2, 0.25) is 5.91 Å². The Morgan fingerprint density at radius 2 is 2.37 bits per heavy atom. The topological polar surface area (TPSA) is 77.7 Å². The van der Waals surface area contributed by atoms with Crippen LogP contribution < -0.4 is 5.73 Å². The van der Waals surface area contributed by atoms with Crippen molar-refractivity contribution in [3.05, 3.63) is 30.1 Å². The van der Waals surface area contributed by atoms with E-state index in [0.717, 1.165) is 5.56 Å². The van der Waals surface area contributed by atoms with E-state index in [4.69, 9.17) is 15.1 Å². The van der Waals surface area contributed by atoms with Crippen LogP contribution in [-0.2, 0) is 14.2 Å². The molecule has 1 aliphatic rings. The maximum atomic E-state index is 12.5. The summed E-state index contributed by atoms with van der Waals surface area (Å²) in [6, 6.07) is 3.70. The minimum atomic E-state index is -0.352. The van der Waals surface area contributed by atoms with E-state index < -0.39 is 0 Å². The van der Waals surface area contributed by atoms with Crippen molar-refractivity contribution in [3.8, 4) is 0 Å². The van der Waals surface area contributed by atoms with Gasteiger partial charge in [-0.1, -0.05) is 6.07 Å². The van der Waals surface area contributed by atoms with Gasteiger partial charge in [0.05, 0.1) is 25.8 Å². The van der Waals surface area contributed by atoms with E-state index in [-0.39, 0.29) is 25.9 Å². The third kappa shape index (κ3) is 3.76. The molecule has 1 saturated heterocycles. The van der Waals surface area contributed by atoms with Crippen molar-refractivity contribution in [1.29, 1.82) is 0 Å². The molecule has 0 aliphatic carbocycles. The van der Waals surface area contributed by atoms with Crippen LogP contribution in [0.2, 0.25) is 0 Å². The highest BCUT2D eigenvalue weighted by molar-refractivity contribution is 6.37. The number of ether oxygens (including phenoxy) is 1. The number of nitrogens with two attached hydrogens (primary N) is 1. The van der Waals surface area contributed by atoms with Crippen LogP contribution in [0.3, 0.4) is 0 Å². The van der Waals surface area contributed by atoms with Crippen LogP contribution in [0.15, 0.2) is 24.5 Å². The highest BCUT2D eigenvalue weighted by atomic mass is 16.5. The summed E-state index contributed by atoms with van der Waals surface area (Å²) < 4.78 is 10.5. The van der Waals surface area contributed by atoms with Crippen LogP contribution in [0, 0.1) is 0 Å². The summed E-state index contributed by atoms with van der Waals surface area (Å²) in [5, 5.41) is 0. The van der Waals surface area contributed by atoms with Gasteiger partial charge in [-0.2, -0.15) is 0 Å². The molecule has 0 bridgehead atoms. The Hall–Kier alpha value is -1.44. The molecule has 1 unspecified atom stereocenters. The third-order valence-electron chi connectivity index (χ3n) is 3.11. The second-order valence-corrected chi connectivity index (χ2v) is 4.31. The molecule has 1 aromatic heterocycles. The van der Waals surface area contributed by atoms with Crippen LogP contribution in [-0.4, -0.2) is 56.3 Å². The molecule has 2 N–H and O–H groups in total. The maximum absolute atomic E-state index is 12.5. The van der Waals surface area contributed by atoms with E-state index in [1.54, 1.807) is 17.3 Å². The highest BCUT2D eigenvalue weighted by Gasteiger charge is 2.28. The van der Waals surface area contributed by atoms with Crippen LogP contribution in [0.1, 0.15) is 11.4 Å². The van der Waals surface area contributed by atoms with Gasteiger partial charge in [-0.3, -0.25) is 9.78 Å². The fourth-order valence-corrected chi connectivity index (χ4v) is 2.08. The zero-order valence-electron chi connectivity index (χ0n) is 10.8. The number of aromatic nitrogens is 1. The molecular formula is C12H18BN3O3. The SMILES string of the molecule is NCOBC(C(=O)N1CCOCC1)c1cccnc1. The van der Waals surface area contributed by atoms with Gasteiger partial charge < -0.3 is 20.0 Å². The lowest BCUT2D eigenvalue weighted by atomic mass is 9.74. The van der Waals surface area contributed by atoms with Gasteiger partial charge >= 0.3 is 0 Å². The first kappa shape index (κ1) is 14.0. The molecule has 1 fully saturated rings. The first-order chi connectivity index (χ1) is 9.33. The fraction of sp³-hybridized carbons (Fsp3) is 0.500. The largest absolute Gasteiger partial charge is 0.426 e. The lowest BCUT2D eigenvalue weighted by Gasteiger charge is -2.30. The van der Waals surface area contributed by atoms with Gasteiger partial charge in [-0.15, -0.1) is 0 Å². The van der Waals surface area contributed by atoms with E-state index in [9.17, 15) is 4.79 Å². The summed E-state index contributed by atoms with van der Waals surface area (Å²) in [5.41, 5.74) is 6.20. The molecule has 2 heterocycles. The Kier molecular flexibility index (Phi) is 5.32. The monoisotopic (exact) mass is 263 g/mol. The summed E-state index contributed by atoms with van der Waals surface area (Å²) in [6.45, 7) is 2.52.